The molecule has 1 aromatic heterocycles. The van der Waals surface area contributed by atoms with Gasteiger partial charge < -0.3 is 4.74 Å². The summed E-state index contributed by atoms with van der Waals surface area (Å²) in [5.41, 5.74) is 2.83. The highest BCUT2D eigenvalue weighted by atomic mass is 35.5. The minimum atomic E-state index is -0.178. The van der Waals surface area contributed by atoms with E-state index < -0.39 is 0 Å². The third-order valence-electron chi connectivity index (χ3n) is 2.60. The number of hydrazine groups is 1. The molecule has 0 saturated carbocycles. The van der Waals surface area contributed by atoms with E-state index in [0.29, 0.717) is 9.66 Å². The molecule has 100 valence electrons. The molecule has 1 aliphatic heterocycles. The van der Waals surface area contributed by atoms with E-state index in [0.717, 1.165) is 37.3 Å². The van der Waals surface area contributed by atoms with E-state index >= 15 is 0 Å². The van der Waals surface area contributed by atoms with E-state index in [1.165, 1.54) is 12.8 Å². The highest BCUT2D eigenvalue weighted by molar-refractivity contribution is 7.17. The number of carbonyl (C=O) groups excluding carboxylic acids is 1. The lowest BCUT2D eigenvalue weighted by atomic mass is 10.2. The Kier molecular flexibility index (Phi) is 5.15. The van der Waals surface area contributed by atoms with Crippen LogP contribution >= 0.6 is 22.9 Å². The average Bonchev–Trinajstić information content (AvgIpc) is 2.60. The molecule has 0 aliphatic carbocycles. The molecule has 8 heteroatoms. The number of carbonyl (C=O) groups is 1. The number of hydrogen-bond donors (Lipinski definition) is 1. The van der Waals surface area contributed by atoms with Gasteiger partial charge in [-0.3, -0.25) is 10.2 Å². The van der Waals surface area contributed by atoms with Crippen LogP contribution in [0.25, 0.3) is 0 Å². The van der Waals surface area contributed by atoms with Crippen molar-refractivity contribution in [3.05, 3.63) is 4.47 Å². The third-order valence-corrected chi connectivity index (χ3v) is 3.53. The Labute approximate surface area is 114 Å². The molecule has 6 nitrogen and oxygen atoms in total. The minimum absolute atomic E-state index is 0.0674. The first-order valence-corrected chi connectivity index (χ1v) is 7.10. The maximum atomic E-state index is 11.6. The van der Waals surface area contributed by atoms with Gasteiger partial charge in [0.15, 0.2) is 6.61 Å². The summed E-state index contributed by atoms with van der Waals surface area (Å²) in [6, 6.07) is 0. The van der Waals surface area contributed by atoms with E-state index in [1.54, 1.807) is 0 Å². The molecule has 1 amide bonds. The molecule has 1 aromatic rings. The lowest BCUT2D eigenvalue weighted by molar-refractivity contribution is -0.128. The maximum Gasteiger partial charge on any atom is 0.295 e. The van der Waals surface area contributed by atoms with Crippen molar-refractivity contribution in [3.63, 3.8) is 0 Å². The summed E-state index contributed by atoms with van der Waals surface area (Å²) >= 11 is 6.71. The van der Waals surface area contributed by atoms with Crippen LogP contribution in [0.3, 0.4) is 0 Å². The summed E-state index contributed by atoms with van der Waals surface area (Å²) in [7, 11) is 0. The standard InChI is InChI=1S/C10H15ClN4O2S/c11-9-12-13-10(18-9)17-7-8(16)14-15-5-3-1-2-4-6-15/h1-7H2,(H,14,16). The summed E-state index contributed by atoms with van der Waals surface area (Å²) in [6.45, 7) is 1.73. The number of nitrogens with zero attached hydrogens (tertiary/aromatic N) is 3. The van der Waals surface area contributed by atoms with Crippen molar-refractivity contribution in [3.8, 4) is 5.19 Å². The maximum absolute atomic E-state index is 11.6. The number of rotatable bonds is 4. The molecule has 0 aromatic carbocycles. The van der Waals surface area contributed by atoms with Gasteiger partial charge in [-0.05, 0) is 35.8 Å². The lowest BCUT2D eigenvalue weighted by Crippen LogP contribution is -2.44. The fraction of sp³-hybridized carbons (Fsp3) is 0.700. The van der Waals surface area contributed by atoms with Crippen LogP contribution in [0.1, 0.15) is 25.7 Å². The minimum Gasteiger partial charge on any atom is -0.459 e. The molecular formula is C10H15ClN4O2S. The first-order chi connectivity index (χ1) is 8.74. The number of halogens is 1. The number of ether oxygens (including phenoxy) is 1. The monoisotopic (exact) mass is 290 g/mol. The predicted octanol–water partition coefficient (Wildman–Crippen LogP) is 1.48. The summed E-state index contributed by atoms with van der Waals surface area (Å²) in [4.78, 5) is 11.6. The highest BCUT2D eigenvalue weighted by Gasteiger charge is 2.13. The first kappa shape index (κ1) is 13.5. The molecule has 0 spiro atoms. The number of amides is 1. The molecule has 18 heavy (non-hydrogen) atoms. The Morgan fingerprint density at radius 3 is 2.67 bits per heavy atom. The normalized spacial score (nSPS) is 17.2. The van der Waals surface area contributed by atoms with Crippen molar-refractivity contribution < 1.29 is 9.53 Å². The number of nitrogens with one attached hydrogen (secondary N) is 1. The molecule has 1 saturated heterocycles. The van der Waals surface area contributed by atoms with Crippen LogP contribution in [0.2, 0.25) is 4.47 Å². The zero-order valence-electron chi connectivity index (χ0n) is 9.89. The number of hydrogen-bond acceptors (Lipinski definition) is 6. The molecule has 2 rings (SSSR count). The smallest absolute Gasteiger partial charge is 0.295 e. The fourth-order valence-corrected chi connectivity index (χ4v) is 2.43. The van der Waals surface area contributed by atoms with Gasteiger partial charge in [0.05, 0.1) is 0 Å². The second-order valence-electron chi connectivity index (χ2n) is 4.05. The summed E-state index contributed by atoms with van der Waals surface area (Å²) in [5.74, 6) is -0.178. The van der Waals surface area contributed by atoms with E-state index in [9.17, 15) is 4.79 Å². The van der Waals surface area contributed by atoms with E-state index in [-0.39, 0.29) is 12.5 Å². The van der Waals surface area contributed by atoms with Crippen LogP contribution < -0.4 is 10.2 Å². The van der Waals surface area contributed by atoms with Gasteiger partial charge in [0.25, 0.3) is 11.1 Å². The van der Waals surface area contributed by atoms with Gasteiger partial charge in [0.1, 0.15) is 0 Å². The van der Waals surface area contributed by atoms with Crippen LogP contribution in [0.5, 0.6) is 5.19 Å². The summed E-state index contributed by atoms with van der Waals surface area (Å²) < 4.78 is 5.49. The van der Waals surface area contributed by atoms with Gasteiger partial charge in [-0.2, -0.15) is 0 Å². The quantitative estimate of drug-likeness (QED) is 0.910. The topological polar surface area (TPSA) is 67.3 Å². The van der Waals surface area contributed by atoms with E-state index in [2.05, 4.69) is 15.6 Å². The summed E-state index contributed by atoms with van der Waals surface area (Å²) in [5, 5.41) is 9.52. The lowest BCUT2D eigenvalue weighted by Gasteiger charge is -2.20. The van der Waals surface area contributed by atoms with Gasteiger partial charge in [0.2, 0.25) is 4.47 Å². The van der Waals surface area contributed by atoms with Crippen molar-refractivity contribution >= 4 is 28.8 Å². The molecule has 1 aliphatic rings. The van der Waals surface area contributed by atoms with Crippen LogP contribution in [0, 0.1) is 0 Å². The van der Waals surface area contributed by atoms with E-state index in [1.807, 2.05) is 5.01 Å². The van der Waals surface area contributed by atoms with Gasteiger partial charge >= 0.3 is 0 Å². The van der Waals surface area contributed by atoms with Crippen molar-refractivity contribution in [1.82, 2.24) is 20.6 Å². The highest BCUT2D eigenvalue weighted by Crippen LogP contribution is 2.21. The van der Waals surface area contributed by atoms with Gasteiger partial charge in [0, 0.05) is 13.1 Å². The van der Waals surface area contributed by atoms with Gasteiger partial charge in [-0.1, -0.05) is 17.9 Å². The molecule has 0 bridgehead atoms. The van der Waals surface area contributed by atoms with Crippen molar-refractivity contribution in [2.24, 2.45) is 0 Å². The third kappa shape index (κ3) is 4.40. The van der Waals surface area contributed by atoms with Crippen LogP contribution in [0.4, 0.5) is 0 Å². The second kappa shape index (κ2) is 6.86. The van der Waals surface area contributed by atoms with Gasteiger partial charge in [-0.15, -0.1) is 5.10 Å². The predicted molar refractivity (Wildman–Crippen MR) is 68.6 cm³/mol. The fourth-order valence-electron chi connectivity index (χ4n) is 1.77. The zero-order chi connectivity index (χ0) is 12.8. The SMILES string of the molecule is O=C(COc1nnc(Cl)s1)NN1CCCCCC1. The molecule has 0 unspecified atom stereocenters. The molecule has 0 radical (unpaired) electrons. The molecule has 0 atom stereocenters. The van der Waals surface area contributed by atoms with Crippen LogP contribution in [-0.2, 0) is 4.79 Å². The van der Waals surface area contributed by atoms with E-state index in [4.69, 9.17) is 16.3 Å². The first-order valence-electron chi connectivity index (χ1n) is 5.90. The van der Waals surface area contributed by atoms with Crippen molar-refractivity contribution in [2.75, 3.05) is 19.7 Å². The Bertz CT molecular complexity index is 393. The van der Waals surface area contributed by atoms with Crippen molar-refractivity contribution in [2.45, 2.75) is 25.7 Å². The molecule has 2 heterocycles. The molecular weight excluding hydrogens is 276 g/mol. The Hall–Kier alpha value is -0.920. The molecule has 1 fully saturated rings. The number of aromatic nitrogens is 2. The largest absolute Gasteiger partial charge is 0.459 e. The zero-order valence-corrected chi connectivity index (χ0v) is 11.5. The Balaban J connectivity index is 1.71. The van der Waals surface area contributed by atoms with Crippen LogP contribution in [-0.4, -0.2) is 40.8 Å². The average molecular weight is 291 g/mol. The Morgan fingerprint density at radius 1 is 1.33 bits per heavy atom. The summed E-state index contributed by atoms with van der Waals surface area (Å²) in [6.07, 6.45) is 4.69. The van der Waals surface area contributed by atoms with Crippen molar-refractivity contribution in [1.29, 1.82) is 0 Å². The molecule has 1 N–H and O–H groups in total. The second-order valence-corrected chi connectivity index (χ2v) is 5.57. The Morgan fingerprint density at radius 2 is 2.06 bits per heavy atom. The van der Waals surface area contributed by atoms with Gasteiger partial charge in [-0.25, -0.2) is 5.01 Å². The van der Waals surface area contributed by atoms with Crippen LogP contribution in [0.15, 0.2) is 0 Å².